The Labute approximate surface area is 194 Å². The molecule has 2 aromatic rings. The summed E-state index contributed by atoms with van der Waals surface area (Å²) in [5, 5.41) is 15.6. The summed E-state index contributed by atoms with van der Waals surface area (Å²) in [6, 6.07) is 21.1. The summed E-state index contributed by atoms with van der Waals surface area (Å²) in [4.78, 5) is 19.1. The van der Waals surface area contributed by atoms with Crippen LogP contribution >= 0.6 is 0 Å². The highest BCUT2D eigenvalue weighted by Crippen LogP contribution is 2.01. The molecule has 0 radical (unpaired) electrons. The number of aliphatic carboxylic acids is 2. The molecule has 11 heteroatoms. The van der Waals surface area contributed by atoms with Crippen molar-refractivity contribution in [3.05, 3.63) is 83.9 Å². The smallest absolute Gasteiger partial charge is 0.394 e. The van der Waals surface area contributed by atoms with Gasteiger partial charge < -0.3 is 21.7 Å². The van der Waals surface area contributed by atoms with E-state index in [9.17, 15) is 9.59 Å². The zero-order valence-corrected chi connectivity index (χ0v) is 19.3. The van der Waals surface area contributed by atoms with Crippen LogP contribution < -0.4 is 11.5 Å². The number of hydrogen-bond acceptors (Lipinski definition) is 6. The Hall–Kier alpha value is -3.09. The number of carboxylic acids is 2. The number of hydrogen-bond donors (Lipinski definition) is 6. The van der Waals surface area contributed by atoms with Gasteiger partial charge in [-0.1, -0.05) is 60.7 Å². The molecular formula is C22H32N2O8S. The predicted octanol–water partition coefficient (Wildman–Crippen LogP) is 2.21. The highest BCUT2D eigenvalue weighted by molar-refractivity contribution is 7.79. The molecule has 0 aromatic heterocycles. The number of carbonyl (C=O) groups is 2. The fraction of sp³-hybridized carbons (Fsp3) is 0.273. The molecule has 33 heavy (non-hydrogen) atoms. The van der Waals surface area contributed by atoms with E-state index in [2.05, 4.69) is 24.3 Å². The molecule has 0 saturated heterocycles. The fourth-order valence-corrected chi connectivity index (χ4v) is 2.11. The van der Waals surface area contributed by atoms with Crippen molar-refractivity contribution < 1.29 is 37.3 Å². The first kappa shape index (κ1) is 32.1. The molecule has 0 saturated carbocycles. The Bertz CT molecular complexity index is 846. The lowest BCUT2D eigenvalue weighted by atomic mass is 10.1. The molecule has 0 aliphatic heterocycles. The maximum atomic E-state index is 9.55. The van der Waals surface area contributed by atoms with Crippen LogP contribution in [0.5, 0.6) is 0 Å². The van der Waals surface area contributed by atoms with E-state index in [1.165, 1.54) is 11.1 Å². The third-order valence-electron chi connectivity index (χ3n) is 3.17. The zero-order valence-electron chi connectivity index (χ0n) is 18.5. The van der Waals surface area contributed by atoms with Gasteiger partial charge in [-0.3, -0.25) is 9.11 Å². The van der Waals surface area contributed by atoms with Crippen molar-refractivity contribution >= 4 is 22.3 Å². The predicted molar refractivity (Wildman–Crippen MR) is 126 cm³/mol. The van der Waals surface area contributed by atoms with Crippen LogP contribution in [0, 0.1) is 0 Å². The average molecular weight is 485 g/mol. The van der Waals surface area contributed by atoms with Gasteiger partial charge >= 0.3 is 22.3 Å². The first-order valence-electron chi connectivity index (χ1n) is 9.63. The van der Waals surface area contributed by atoms with Crippen molar-refractivity contribution in [3.63, 3.8) is 0 Å². The van der Waals surface area contributed by atoms with Crippen LogP contribution in [0.15, 0.2) is 72.8 Å². The first-order valence-corrected chi connectivity index (χ1v) is 11.0. The average Bonchev–Trinajstić information content (AvgIpc) is 2.67. The zero-order chi connectivity index (χ0) is 25.9. The van der Waals surface area contributed by atoms with Crippen molar-refractivity contribution in [2.45, 2.75) is 38.8 Å². The van der Waals surface area contributed by atoms with Crippen molar-refractivity contribution in [2.75, 3.05) is 0 Å². The molecule has 0 unspecified atom stereocenters. The summed E-state index contributed by atoms with van der Waals surface area (Å²) in [6.45, 7) is 4.04. The minimum Gasteiger partial charge on any atom is -0.478 e. The van der Waals surface area contributed by atoms with E-state index in [4.69, 9.17) is 39.2 Å². The van der Waals surface area contributed by atoms with Crippen LogP contribution in [0.3, 0.4) is 0 Å². The van der Waals surface area contributed by atoms with E-state index in [1.54, 1.807) is 0 Å². The summed E-state index contributed by atoms with van der Waals surface area (Å²) in [6.07, 6.45) is 3.06. The van der Waals surface area contributed by atoms with Crippen LogP contribution in [0.4, 0.5) is 0 Å². The van der Waals surface area contributed by atoms with Crippen LogP contribution in [0.1, 0.15) is 25.0 Å². The summed E-state index contributed by atoms with van der Waals surface area (Å²) in [7, 11) is -4.67. The Morgan fingerprint density at radius 1 is 0.758 bits per heavy atom. The van der Waals surface area contributed by atoms with Crippen molar-refractivity contribution in [1.29, 1.82) is 0 Å². The molecular weight excluding hydrogens is 452 g/mol. The molecule has 0 bridgehead atoms. The maximum Gasteiger partial charge on any atom is 0.394 e. The summed E-state index contributed by atoms with van der Waals surface area (Å²) in [5.74, 6) is -2.51. The lowest BCUT2D eigenvalue weighted by Crippen LogP contribution is -2.17. The summed E-state index contributed by atoms with van der Waals surface area (Å²) < 4.78 is 31.6. The lowest BCUT2D eigenvalue weighted by Gasteiger charge is -2.02. The number of rotatable bonds is 6. The molecule has 184 valence electrons. The molecule has 2 aromatic carbocycles. The van der Waals surface area contributed by atoms with E-state index in [-0.39, 0.29) is 12.1 Å². The first-order chi connectivity index (χ1) is 15.2. The molecule has 2 atom stereocenters. The molecule has 8 N–H and O–H groups in total. The largest absolute Gasteiger partial charge is 0.478 e. The van der Waals surface area contributed by atoms with Gasteiger partial charge in [0.1, 0.15) is 0 Å². The molecule has 0 fully saturated rings. The van der Waals surface area contributed by atoms with Gasteiger partial charge in [0.05, 0.1) is 0 Å². The monoisotopic (exact) mass is 484 g/mol. The number of carboxylic acid groups (broad SMARTS) is 2. The Morgan fingerprint density at radius 2 is 1.00 bits per heavy atom. The van der Waals surface area contributed by atoms with E-state index in [1.807, 2.05) is 50.2 Å². The van der Waals surface area contributed by atoms with Crippen LogP contribution in [0.2, 0.25) is 0 Å². The molecule has 0 amide bonds. The van der Waals surface area contributed by atoms with Crippen molar-refractivity contribution in [3.8, 4) is 0 Å². The number of benzene rings is 2. The van der Waals surface area contributed by atoms with Gasteiger partial charge in [-0.25, -0.2) is 9.59 Å². The second kappa shape index (κ2) is 18.5. The standard InChI is InChI=1S/2C9H13N.C4H4O4.H2O4S/c2*1-8(10)7-9-5-3-2-4-6-9;5-3(6)1-2-4(7)8;1-5(2,3)4/h2*2-6,8H,7,10H2,1H3;1-2H,(H,5,6)(H,7,8);(H2,1,2,3,4)/b;;2-1-;/t2*8-;;/m00../s1. The Morgan fingerprint density at radius 3 is 1.18 bits per heavy atom. The fourth-order valence-electron chi connectivity index (χ4n) is 2.11. The summed E-state index contributed by atoms with van der Waals surface area (Å²) in [5.41, 5.74) is 13.9. The summed E-state index contributed by atoms with van der Waals surface area (Å²) >= 11 is 0. The van der Waals surface area contributed by atoms with Gasteiger partial charge in [0.25, 0.3) is 0 Å². The topological polar surface area (TPSA) is 201 Å². The highest BCUT2D eigenvalue weighted by atomic mass is 32.3. The molecule has 0 aliphatic carbocycles. The normalized spacial score (nSPS) is 11.9. The second-order valence-corrected chi connectivity index (χ2v) is 7.69. The quantitative estimate of drug-likeness (QED) is 0.261. The minimum atomic E-state index is -4.67. The van der Waals surface area contributed by atoms with Crippen molar-refractivity contribution in [2.24, 2.45) is 11.5 Å². The molecule has 10 nitrogen and oxygen atoms in total. The SMILES string of the molecule is C[C@H](N)Cc1ccccc1.C[C@H](N)Cc1ccccc1.O=C(O)/C=C\C(=O)O.O=S(=O)(O)O. The van der Waals surface area contributed by atoms with Gasteiger partial charge in [0.15, 0.2) is 0 Å². The Balaban J connectivity index is 0. The third kappa shape index (κ3) is 31.2. The minimum absolute atomic E-state index is 0.266. The van der Waals surface area contributed by atoms with E-state index in [0.29, 0.717) is 12.2 Å². The Kier molecular flexibility index (Phi) is 18.0. The van der Waals surface area contributed by atoms with E-state index in [0.717, 1.165) is 12.8 Å². The van der Waals surface area contributed by atoms with Gasteiger partial charge in [-0.2, -0.15) is 8.42 Å². The molecule has 2 rings (SSSR count). The van der Waals surface area contributed by atoms with Gasteiger partial charge in [-0.05, 0) is 37.8 Å². The molecule has 0 spiro atoms. The van der Waals surface area contributed by atoms with Crippen LogP contribution in [-0.4, -0.2) is 51.8 Å². The van der Waals surface area contributed by atoms with E-state index >= 15 is 0 Å². The lowest BCUT2D eigenvalue weighted by molar-refractivity contribution is -0.134. The number of nitrogens with two attached hydrogens (primary N) is 2. The van der Waals surface area contributed by atoms with Crippen LogP contribution in [-0.2, 0) is 32.8 Å². The van der Waals surface area contributed by atoms with Gasteiger partial charge in [0.2, 0.25) is 0 Å². The van der Waals surface area contributed by atoms with Crippen LogP contribution in [0.25, 0.3) is 0 Å². The highest BCUT2D eigenvalue weighted by Gasteiger charge is 1.95. The molecule has 0 aliphatic rings. The van der Waals surface area contributed by atoms with Gasteiger partial charge in [0, 0.05) is 24.2 Å². The third-order valence-corrected chi connectivity index (χ3v) is 3.17. The van der Waals surface area contributed by atoms with E-state index < -0.39 is 22.3 Å². The molecule has 0 heterocycles. The van der Waals surface area contributed by atoms with Gasteiger partial charge in [-0.15, -0.1) is 0 Å². The maximum absolute atomic E-state index is 9.55. The van der Waals surface area contributed by atoms with Crippen molar-refractivity contribution in [1.82, 2.24) is 0 Å². The second-order valence-electron chi connectivity index (χ2n) is 6.79.